The smallest absolute Gasteiger partial charge is 0.246 e. The Morgan fingerprint density at radius 1 is 1.26 bits per heavy atom. The van der Waals surface area contributed by atoms with Crippen LogP contribution in [0.4, 0.5) is 0 Å². The topological polar surface area (TPSA) is 40.6 Å². The fourth-order valence-electron chi connectivity index (χ4n) is 3.52. The van der Waals surface area contributed by atoms with Crippen LogP contribution >= 0.6 is 0 Å². The van der Waals surface area contributed by atoms with E-state index in [-0.39, 0.29) is 35.2 Å². The molecule has 3 aliphatic rings. The molecule has 2 unspecified atom stereocenters. The first-order valence-electron chi connectivity index (χ1n) is 7.54. The maximum atomic E-state index is 12.7. The van der Waals surface area contributed by atoms with Crippen LogP contribution in [0, 0.1) is 11.3 Å². The summed E-state index contributed by atoms with van der Waals surface area (Å²) < 4.78 is 0. The van der Waals surface area contributed by atoms with Gasteiger partial charge in [-0.25, -0.2) is 0 Å². The molecule has 2 amide bonds. The second kappa shape index (κ2) is 4.22. The average molecular weight is 264 g/mol. The molecule has 3 rings (SSSR count). The van der Waals surface area contributed by atoms with E-state index in [1.807, 2.05) is 9.80 Å². The highest BCUT2D eigenvalue weighted by Gasteiger charge is 2.51. The molecule has 0 aromatic carbocycles. The zero-order valence-electron chi connectivity index (χ0n) is 12.2. The Hall–Kier alpha value is -1.06. The number of fused-ring (bicyclic) bond motifs is 1. The molecule has 0 spiro atoms. The van der Waals surface area contributed by atoms with Gasteiger partial charge in [-0.3, -0.25) is 9.59 Å². The van der Waals surface area contributed by atoms with Crippen LogP contribution < -0.4 is 0 Å². The maximum absolute atomic E-state index is 12.7. The molecule has 4 heteroatoms. The first-order chi connectivity index (χ1) is 8.93. The van der Waals surface area contributed by atoms with Gasteiger partial charge in [0, 0.05) is 13.1 Å². The third kappa shape index (κ3) is 2.05. The predicted molar refractivity (Wildman–Crippen MR) is 72.4 cm³/mol. The van der Waals surface area contributed by atoms with Gasteiger partial charge in [-0.1, -0.05) is 20.8 Å². The molecule has 0 radical (unpaired) electrons. The molecule has 0 aromatic heterocycles. The average Bonchev–Trinajstić information content (AvgIpc) is 2.89. The van der Waals surface area contributed by atoms with Crippen molar-refractivity contribution in [2.75, 3.05) is 13.1 Å². The van der Waals surface area contributed by atoms with Crippen LogP contribution in [0.25, 0.3) is 0 Å². The fraction of sp³-hybridized carbons (Fsp3) is 0.867. The number of hydrogen-bond donors (Lipinski definition) is 0. The quantitative estimate of drug-likeness (QED) is 0.777. The Labute approximate surface area is 115 Å². The van der Waals surface area contributed by atoms with E-state index in [0.717, 1.165) is 25.9 Å². The van der Waals surface area contributed by atoms with Crippen LogP contribution in [0.15, 0.2) is 0 Å². The highest BCUT2D eigenvalue weighted by atomic mass is 16.2. The minimum Gasteiger partial charge on any atom is -0.329 e. The third-order valence-electron chi connectivity index (χ3n) is 4.98. The third-order valence-corrected chi connectivity index (χ3v) is 4.98. The Morgan fingerprint density at radius 2 is 1.95 bits per heavy atom. The van der Waals surface area contributed by atoms with Gasteiger partial charge in [-0.15, -0.1) is 0 Å². The van der Waals surface area contributed by atoms with Gasteiger partial charge in [0.25, 0.3) is 0 Å². The normalized spacial score (nSPS) is 33.1. The van der Waals surface area contributed by atoms with Gasteiger partial charge >= 0.3 is 0 Å². The largest absolute Gasteiger partial charge is 0.329 e. The molecule has 19 heavy (non-hydrogen) atoms. The molecule has 2 heterocycles. The molecule has 4 nitrogen and oxygen atoms in total. The van der Waals surface area contributed by atoms with Crippen LogP contribution in [0.1, 0.15) is 46.5 Å². The Bertz CT molecular complexity index is 414. The van der Waals surface area contributed by atoms with E-state index in [4.69, 9.17) is 0 Å². The number of rotatable bonds is 3. The summed E-state index contributed by atoms with van der Waals surface area (Å²) in [6.45, 7) is 7.86. The molecule has 0 bridgehead atoms. The van der Waals surface area contributed by atoms with E-state index in [0.29, 0.717) is 0 Å². The summed E-state index contributed by atoms with van der Waals surface area (Å²) in [6, 6.07) is -0.399. The van der Waals surface area contributed by atoms with Gasteiger partial charge in [0.05, 0.1) is 0 Å². The van der Waals surface area contributed by atoms with Crippen molar-refractivity contribution >= 4 is 11.8 Å². The molecular formula is C15H24N2O2. The number of amides is 2. The van der Waals surface area contributed by atoms with Crippen LogP contribution in [0.5, 0.6) is 0 Å². The summed E-state index contributed by atoms with van der Waals surface area (Å²) in [5.41, 5.74) is 0.268. The monoisotopic (exact) mass is 264 g/mol. The van der Waals surface area contributed by atoms with E-state index in [2.05, 4.69) is 20.8 Å². The van der Waals surface area contributed by atoms with Crippen molar-refractivity contribution in [3.05, 3.63) is 0 Å². The Morgan fingerprint density at radius 3 is 2.53 bits per heavy atom. The lowest BCUT2D eigenvalue weighted by Gasteiger charge is -2.45. The number of carbonyl (C=O) groups is 2. The van der Waals surface area contributed by atoms with Crippen molar-refractivity contribution in [3.63, 3.8) is 0 Å². The van der Waals surface area contributed by atoms with Crippen molar-refractivity contribution in [1.29, 1.82) is 0 Å². The fourth-order valence-corrected chi connectivity index (χ4v) is 3.52. The van der Waals surface area contributed by atoms with Gasteiger partial charge in [0.15, 0.2) is 0 Å². The summed E-state index contributed by atoms with van der Waals surface area (Å²) in [5.74, 6) is 0.575. The molecule has 3 fully saturated rings. The van der Waals surface area contributed by atoms with Gasteiger partial charge in [0.1, 0.15) is 12.1 Å². The molecule has 1 saturated carbocycles. The number of hydrogen-bond acceptors (Lipinski definition) is 2. The van der Waals surface area contributed by atoms with Crippen LogP contribution in [-0.4, -0.2) is 46.8 Å². The van der Waals surface area contributed by atoms with Crippen molar-refractivity contribution < 1.29 is 9.59 Å². The Kier molecular flexibility index (Phi) is 2.88. The van der Waals surface area contributed by atoms with Gasteiger partial charge in [0.2, 0.25) is 11.8 Å². The first kappa shape index (κ1) is 12.9. The SMILES string of the molecule is CC(C)C1C(=O)N2CCCC2C(=O)N1CC1(C)CC1. The number of piperazine rings is 1. The van der Waals surface area contributed by atoms with E-state index >= 15 is 0 Å². The molecule has 106 valence electrons. The number of carbonyl (C=O) groups excluding carboxylic acids is 2. The lowest BCUT2D eigenvalue weighted by molar-refractivity contribution is -0.162. The van der Waals surface area contributed by atoms with Crippen LogP contribution in [0.3, 0.4) is 0 Å². The molecular weight excluding hydrogens is 240 g/mol. The molecule has 2 saturated heterocycles. The van der Waals surface area contributed by atoms with E-state index in [1.54, 1.807) is 0 Å². The highest BCUT2D eigenvalue weighted by molar-refractivity contribution is 5.97. The Balaban J connectivity index is 1.89. The van der Waals surface area contributed by atoms with Gasteiger partial charge < -0.3 is 9.80 Å². The molecule has 2 atom stereocenters. The lowest BCUT2D eigenvalue weighted by Crippen LogP contribution is -2.65. The standard InChI is InChI=1S/C15H24N2O2/c1-10(2)12-14(19)16-8-4-5-11(16)13(18)17(12)9-15(3)6-7-15/h10-12H,4-9H2,1-3H3. The zero-order chi connectivity index (χ0) is 13.8. The molecule has 0 aromatic rings. The van der Waals surface area contributed by atoms with Gasteiger partial charge in [-0.05, 0) is 37.0 Å². The van der Waals surface area contributed by atoms with Crippen LogP contribution in [-0.2, 0) is 9.59 Å². The van der Waals surface area contributed by atoms with E-state index in [1.165, 1.54) is 12.8 Å². The molecule has 1 aliphatic carbocycles. The maximum Gasteiger partial charge on any atom is 0.246 e. The molecule has 2 aliphatic heterocycles. The summed E-state index contributed by atoms with van der Waals surface area (Å²) in [7, 11) is 0. The van der Waals surface area contributed by atoms with E-state index < -0.39 is 0 Å². The second-order valence-corrected chi connectivity index (χ2v) is 7.16. The summed E-state index contributed by atoms with van der Waals surface area (Å²) in [5, 5.41) is 0. The van der Waals surface area contributed by atoms with Crippen LogP contribution in [0.2, 0.25) is 0 Å². The minimum atomic E-state index is -0.237. The zero-order valence-corrected chi connectivity index (χ0v) is 12.2. The second-order valence-electron chi connectivity index (χ2n) is 7.16. The van der Waals surface area contributed by atoms with Crippen molar-refractivity contribution in [3.8, 4) is 0 Å². The minimum absolute atomic E-state index is 0.162. The van der Waals surface area contributed by atoms with Crippen molar-refractivity contribution in [2.24, 2.45) is 11.3 Å². The van der Waals surface area contributed by atoms with Crippen molar-refractivity contribution in [1.82, 2.24) is 9.80 Å². The van der Waals surface area contributed by atoms with E-state index in [9.17, 15) is 9.59 Å². The first-order valence-corrected chi connectivity index (χ1v) is 7.54. The van der Waals surface area contributed by atoms with Gasteiger partial charge in [-0.2, -0.15) is 0 Å². The number of nitrogens with zero attached hydrogens (tertiary/aromatic N) is 2. The summed E-state index contributed by atoms with van der Waals surface area (Å²) in [6.07, 6.45) is 4.19. The lowest BCUT2D eigenvalue weighted by atomic mass is 9.94. The summed E-state index contributed by atoms with van der Waals surface area (Å²) >= 11 is 0. The highest BCUT2D eigenvalue weighted by Crippen LogP contribution is 2.47. The van der Waals surface area contributed by atoms with Crippen molar-refractivity contribution in [2.45, 2.75) is 58.5 Å². The molecule has 0 N–H and O–H groups in total. The predicted octanol–water partition coefficient (Wildman–Crippen LogP) is 1.64. The summed E-state index contributed by atoms with van der Waals surface area (Å²) in [4.78, 5) is 29.1.